The maximum absolute atomic E-state index is 12.2. The van der Waals surface area contributed by atoms with E-state index < -0.39 is 5.60 Å². The molecule has 4 nitrogen and oxygen atoms in total. The second-order valence-corrected chi connectivity index (χ2v) is 8.82. The number of rotatable bonds is 5. The average molecular weight is 308 g/mol. The Labute approximate surface area is 132 Å². The minimum absolute atomic E-state index is 0.0241. The molecule has 0 aromatic heterocycles. The molecule has 124 valence electrons. The van der Waals surface area contributed by atoms with Gasteiger partial charge in [-0.2, -0.15) is 0 Å². The number of aliphatic hydroxyl groups is 1. The Bertz CT molecular complexity index is 515. The van der Waals surface area contributed by atoms with Crippen molar-refractivity contribution in [3.05, 3.63) is 12.2 Å². The third-order valence-corrected chi connectivity index (χ3v) is 5.94. The van der Waals surface area contributed by atoms with E-state index in [0.717, 1.165) is 38.5 Å². The fourth-order valence-electron chi connectivity index (χ4n) is 6.52. The molecule has 0 amide bonds. The Morgan fingerprint density at radius 2 is 1.77 bits per heavy atom. The third kappa shape index (κ3) is 2.41. The van der Waals surface area contributed by atoms with E-state index in [1.54, 1.807) is 14.0 Å². The van der Waals surface area contributed by atoms with Crippen molar-refractivity contribution >= 4 is 5.97 Å². The van der Waals surface area contributed by atoms with E-state index in [2.05, 4.69) is 13.5 Å². The summed E-state index contributed by atoms with van der Waals surface area (Å²) in [7, 11) is 1.74. The molecule has 0 saturated heterocycles. The first-order valence-electron chi connectivity index (χ1n) is 8.18. The second kappa shape index (κ2) is 4.81. The van der Waals surface area contributed by atoms with Crippen LogP contribution in [-0.2, 0) is 14.3 Å². The summed E-state index contributed by atoms with van der Waals surface area (Å²) in [5.74, 6) is -0.300. The van der Waals surface area contributed by atoms with Crippen molar-refractivity contribution in [1.82, 2.24) is 0 Å². The minimum Gasteiger partial charge on any atom is -0.456 e. The number of ether oxygens (including phenoxy) is 2. The summed E-state index contributed by atoms with van der Waals surface area (Å²) in [5.41, 5.74) is -0.000364. The number of aliphatic hydroxyl groups excluding tert-OH is 1. The molecule has 4 unspecified atom stereocenters. The van der Waals surface area contributed by atoms with Crippen molar-refractivity contribution in [2.45, 2.75) is 58.0 Å². The fourth-order valence-corrected chi connectivity index (χ4v) is 6.52. The van der Waals surface area contributed by atoms with Crippen LogP contribution in [-0.4, -0.2) is 37.0 Å². The topological polar surface area (TPSA) is 55.8 Å². The van der Waals surface area contributed by atoms with Gasteiger partial charge in [0.15, 0.2) is 0 Å². The van der Waals surface area contributed by atoms with Gasteiger partial charge in [-0.3, -0.25) is 0 Å². The van der Waals surface area contributed by atoms with Crippen molar-refractivity contribution in [2.75, 3.05) is 20.3 Å². The maximum Gasteiger partial charge on any atom is 0.333 e. The van der Waals surface area contributed by atoms with Gasteiger partial charge in [-0.05, 0) is 61.7 Å². The zero-order valence-electron chi connectivity index (χ0n) is 14.0. The molecule has 4 fully saturated rings. The molecule has 4 bridgehead atoms. The molecule has 22 heavy (non-hydrogen) atoms. The summed E-state index contributed by atoms with van der Waals surface area (Å²) in [6, 6.07) is 0. The van der Waals surface area contributed by atoms with Crippen LogP contribution in [0.25, 0.3) is 0 Å². The zero-order chi connectivity index (χ0) is 16.2. The van der Waals surface area contributed by atoms with Gasteiger partial charge in [0.1, 0.15) is 5.60 Å². The van der Waals surface area contributed by atoms with E-state index in [-0.39, 0.29) is 28.8 Å². The van der Waals surface area contributed by atoms with Crippen LogP contribution >= 0.6 is 0 Å². The summed E-state index contributed by atoms with van der Waals surface area (Å²) in [4.78, 5) is 12.2. The molecule has 4 rings (SSSR count). The number of methoxy groups -OCH3 is 1. The summed E-state index contributed by atoms with van der Waals surface area (Å²) in [6.07, 6.45) is 5.62. The molecule has 0 radical (unpaired) electrons. The van der Waals surface area contributed by atoms with Crippen LogP contribution in [0, 0.1) is 16.2 Å². The van der Waals surface area contributed by atoms with Crippen molar-refractivity contribution in [1.29, 1.82) is 0 Å². The first-order chi connectivity index (χ1) is 10.2. The van der Waals surface area contributed by atoms with Gasteiger partial charge in [0.05, 0.1) is 6.61 Å². The van der Waals surface area contributed by atoms with Gasteiger partial charge >= 0.3 is 5.97 Å². The Hall–Kier alpha value is -0.870. The molecule has 0 aliphatic heterocycles. The summed E-state index contributed by atoms with van der Waals surface area (Å²) in [5, 5.41) is 10.1. The Morgan fingerprint density at radius 3 is 2.36 bits per heavy atom. The Balaban J connectivity index is 1.98. The predicted octanol–water partition coefficient (Wildman–Crippen LogP) is 2.84. The lowest BCUT2D eigenvalue weighted by Crippen LogP contribution is -2.66. The average Bonchev–Trinajstić information content (AvgIpc) is 2.34. The summed E-state index contributed by atoms with van der Waals surface area (Å²) < 4.78 is 11.5. The Morgan fingerprint density at radius 1 is 1.14 bits per heavy atom. The van der Waals surface area contributed by atoms with Crippen molar-refractivity contribution < 1.29 is 19.4 Å². The molecule has 0 heterocycles. The fraction of sp³-hybridized carbons (Fsp3) is 0.833. The van der Waals surface area contributed by atoms with Crippen LogP contribution in [0.15, 0.2) is 12.2 Å². The van der Waals surface area contributed by atoms with Crippen molar-refractivity contribution in [3.8, 4) is 0 Å². The lowest BCUT2D eigenvalue weighted by Gasteiger charge is -2.68. The van der Waals surface area contributed by atoms with Gasteiger partial charge in [0.25, 0.3) is 0 Å². The van der Waals surface area contributed by atoms with E-state index in [1.807, 2.05) is 0 Å². The highest BCUT2D eigenvalue weighted by atomic mass is 16.6. The molecule has 0 aromatic rings. The third-order valence-electron chi connectivity index (χ3n) is 5.94. The first-order valence-corrected chi connectivity index (χ1v) is 8.18. The molecule has 4 aliphatic rings. The Kier molecular flexibility index (Phi) is 3.50. The highest BCUT2D eigenvalue weighted by molar-refractivity contribution is 5.87. The van der Waals surface area contributed by atoms with E-state index in [0.29, 0.717) is 12.2 Å². The van der Waals surface area contributed by atoms with E-state index in [1.165, 1.54) is 0 Å². The monoisotopic (exact) mass is 308 g/mol. The number of carbonyl (C=O) groups excluding carboxylic acids is 1. The van der Waals surface area contributed by atoms with Gasteiger partial charge in [0.2, 0.25) is 0 Å². The quantitative estimate of drug-likeness (QED) is 0.627. The van der Waals surface area contributed by atoms with Gasteiger partial charge in [-0.15, -0.1) is 0 Å². The highest BCUT2D eigenvalue weighted by Crippen LogP contribution is 2.71. The minimum atomic E-state index is -0.458. The number of hydrogen-bond acceptors (Lipinski definition) is 4. The molecule has 4 saturated carbocycles. The molecular formula is C18H28O4. The van der Waals surface area contributed by atoms with E-state index in [9.17, 15) is 9.90 Å². The number of esters is 1. The van der Waals surface area contributed by atoms with Crippen LogP contribution in [0.5, 0.6) is 0 Å². The zero-order valence-corrected chi connectivity index (χ0v) is 14.0. The summed E-state index contributed by atoms with van der Waals surface area (Å²) in [6.45, 7) is 8.53. The SMILES string of the molecule is C=C(C)C(=O)OC12CC3(C)CC(CO)(CC(COC)(C3)C1)C2. The van der Waals surface area contributed by atoms with E-state index in [4.69, 9.17) is 9.47 Å². The number of hydrogen-bond donors (Lipinski definition) is 1. The normalized spacial score (nSPS) is 45.8. The van der Waals surface area contributed by atoms with Crippen LogP contribution < -0.4 is 0 Å². The van der Waals surface area contributed by atoms with Gasteiger partial charge in [-0.1, -0.05) is 13.5 Å². The summed E-state index contributed by atoms with van der Waals surface area (Å²) >= 11 is 0. The lowest BCUT2D eigenvalue weighted by atomic mass is 9.39. The second-order valence-electron chi connectivity index (χ2n) is 8.82. The van der Waals surface area contributed by atoms with Crippen molar-refractivity contribution in [3.63, 3.8) is 0 Å². The standard InChI is InChI=1S/C18H28O4/c1-13(2)14(20)22-18-7-15(3)5-16(9-18,11-19)8-17(6-15,10-18)12-21-4/h19H,1,5-12H2,2-4H3. The highest BCUT2D eigenvalue weighted by Gasteiger charge is 2.68. The van der Waals surface area contributed by atoms with Crippen LogP contribution in [0.2, 0.25) is 0 Å². The first kappa shape index (κ1) is 16.0. The number of carbonyl (C=O) groups is 1. The molecule has 0 aromatic carbocycles. The molecular weight excluding hydrogens is 280 g/mol. The predicted molar refractivity (Wildman–Crippen MR) is 83.3 cm³/mol. The molecule has 4 aliphatic carbocycles. The molecule has 0 spiro atoms. The molecule has 1 N–H and O–H groups in total. The van der Waals surface area contributed by atoms with Gasteiger partial charge in [0, 0.05) is 19.3 Å². The van der Waals surface area contributed by atoms with Gasteiger partial charge < -0.3 is 14.6 Å². The van der Waals surface area contributed by atoms with Crippen LogP contribution in [0.1, 0.15) is 52.4 Å². The van der Waals surface area contributed by atoms with Crippen LogP contribution in [0.3, 0.4) is 0 Å². The smallest absolute Gasteiger partial charge is 0.333 e. The largest absolute Gasteiger partial charge is 0.456 e. The van der Waals surface area contributed by atoms with Crippen LogP contribution in [0.4, 0.5) is 0 Å². The lowest BCUT2D eigenvalue weighted by molar-refractivity contribution is -0.255. The molecule has 4 atom stereocenters. The van der Waals surface area contributed by atoms with Gasteiger partial charge in [-0.25, -0.2) is 4.79 Å². The van der Waals surface area contributed by atoms with Crippen molar-refractivity contribution in [2.24, 2.45) is 16.2 Å². The van der Waals surface area contributed by atoms with E-state index >= 15 is 0 Å². The maximum atomic E-state index is 12.2. The molecule has 4 heteroatoms.